The van der Waals surface area contributed by atoms with Crippen LogP contribution in [0, 0.1) is 0 Å². The van der Waals surface area contributed by atoms with Gasteiger partial charge >= 0.3 is 6.03 Å². The number of hydrogen-bond donors (Lipinski definition) is 3. The summed E-state index contributed by atoms with van der Waals surface area (Å²) < 4.78 is 0. The number of carbonyl (C=O) groups excluding carboxylic acids is 2. The van der Waals surface area contributed by atoms with Crippen LogP contribution in [0.4, 0.5) is 4.79 Å². The second kappa shape index (κ2) is 11.3. The Labute approximate surface area is 189 Å². The Balaban J connectivity index is 0.00000300. The number of aliphatic imine (C=N–C) groups is 1. The maximum absolute atomic E-state index is 11.6. The number of halogens is 1. The predicted molar refractivity (Wildman–Crippen MR) is 124 cm³/mol. The number of likely N-dealkylation sites (tertiary alicyclic amines) is 1. The van der Waals surface area contributed by atoms with E-state index in [1.54, 1.807) is 0 Å². The number of carbonyl (C=O) groups is 2. The smallest absolute Gasteiger partial charge is 0.324 e. The highest BCUT2D eigenvalue weighted by Gasteiger charge is 2.30. The molecular formula is C20H31IN6O2. The summed E-state index contributed by atoms with van der Waals surface area (Å²) in [6.07, 6.45) is 1.05. The van der Waals surface area contributed by atoms with Crippen LogP contribution in [0.25, 0.3) is 0 Å². The monoisotopic (exact) mass is 514 g/mol. The van der Waals surface area contributed by atoms with Crippen LogP contribution in [-0.2, 0) is 11.3 Å². The van der Waals surface area contributed by atoms with Crippen LogP contribution in [0.5, 0.6) is 0 Å². The summed E-state index contributed by atoms with van der Waals surface area (Å²) in [5.74, 6) is 0.535. The first-order valence-corrected chi connectivity index (χ1v) is 9.97. The van der Waals surface area contributed by atoms with Crippen molar-refractivity contribution in [2.24, 2.45) is 4.99 Å². The molecule has 2 saturated heterocycles. The lowest BCUT2D eigenvalue weighted by atomic mass is 10.2. The first-order chi connectivity index (χ1) is 13.6. The molecule has 2 aliphatic rings. The largest absolute Gasteiger partial charge is 0.357 e. The van der Waals surface area contributed by atoms with E-state index in [1.807, 2.05) is 13.0 Å². The lowest BCUT2D eigenvalue weighted by Gasteiger charge is -2.21. The zero-order chi connectivity index (χ0) is 19.9. The van der Waals surface area contributed by atoms with E-state index < -0.39 is 0 Å². The maximum Gasteiger partial charge on any atom is 0.324 e. The molecule has 2 atom stereocenters. The van der Waals surface area contributed by atoms with Gasteiger partial charge in [-0.15, -0.1) is 24.0 Å². The molecule has 3 rings (SSSR count). The van der Waals surface area contributed by atoms with E-state index in [1.165, 1.54) is 10.5 Å². The minimum absolute atomic E-state index is 0. The minimum Gasteiger partial charge on any atom is -0.357 e. The Morgan fingerprint density at radius 3 is 2.69 bits per heavy atom. The highest BCUT2D eigenvalue weighted by Crippen LogP contribution is 2.20. The molecule has 29 heavy (non-hydrogen) atoms. The standard InChI is InChI=1S/C20H30N6O2.HI/c1-3-21-19(22-9-10-26-18(27)12-23-20(26)28)24-17-11-15(2)25(14-17)13-16-7-5-4-6-8-16;/h4-8,15,17H,3,9-14H2,1-2H3,(H,23,28)(H2,21,22,24);1H. The molecule has 2 unspecified atom stereocenters. The normalized spacial score (nSPS) is 22.4. The molecule has 2 fully saturated rings. The van der Waals surface area contributed by atoms with E-state index in [9.17, 15) is 9.59 Å². The van der Waals surface area contributed by atoms with Gasteiger partial charge in [-0.05, 0) is 25.8 Å². The molecular weight excluding hydrogens is 483 g/mol. The Hall–Kier alpha value is -1.88. The topological polar surface area (TPSA) is 89.1 Å². The first kappa shape index (κ1) is 23.4. The molecule has 3 N–H and O–H groups in total. The van der Waals surface area contributed by atoms with Gasteiger partial charge < -0.3 is 16.0 Å². The Morgan fingerprint density at radius 2 is 2.03 bits per heavy atom. The van der Waals surface area contributed by atoms with Gasteiger partial charge in [0, 0.05) is 31.7 Å². The van der Waals surface area contributed by atoms with Crippen LogP contribution in [0.2, 0.25) is 0 Å². The molecule has 9 heteroatoms. The van der Waals surface area contributed by atoms with Crippen LogP contribution in [0.15, 0.2) is 35.3 Å². The molecule has 0 saturated carbocycles. The second-order valence-corrected chi connectivity index (χ2v) is 7.31. The second-order valence-electron chi connectivity index (χ2n) is 7.31. The number of amides is 3. The SMILES string of the molecule is CCNC(=NCCN1C(=O)CNC1=O)NC1CC(C)N(Cc2ccccc2)C1.I. The molecule has 0 radical (unpaired) electrons. The average Bonchev–Trinajstić information content (AvgIpc) is 3.18. The summed E-state index contributed by atoms with van der Waals surface area (Å²) >= 11 is 0. The Kier molecular flexibility index (Phi) is 9.15. The number of imide groups is 1. The fourth-order valence-electron chi connectivity index (χ4n) is 3.70. The van der Waals surface area contributed by atoms with Crippen molar-refractivity contribution in [3.05, 3.63) is 35.9 Å². The summed E-state index contributed by atoms with van der Waals surface area (Å²) in [5.41, 5.74) is 1.32. The quantitative estimate of drug-likeness (QED) is 0.222. The molecule has 1 aromatic rings. The van der Waals surface area contributed by atoms with Gasteiger partial charge in [-0.2, -0.15) is 0 Å². The lowest BCUT2D eigenvalue weighted by Crippen LogP contribution is -2.45. The molecule has 8 nitrogen and oxygen atoms in total. The van der Waals surface area contributed by atoms with Crippen LogP contribution in [-0.4, -0.2) is 72.5 Å². The molecule has 3 amide bonds. The fraction of sp³-hybridized carbons (Fsp3) is 0.550. The van der Waals surface area contributed by atoms with Crippen LogP contribution in [0.1, 0.15) is 25.8 Å². The predicted octanol–water partition coefficient (Wildman–Crippen LogP) is 1.37. The third-order valence-electron chi connectivity index (χ3n) is 5.15. The van der Waals surface area contributed by atoms with Crippen molar-refractivity contribution in [3.8, 4) is 0 Å². The maximum atomic E-state index is 11.6. The number of nitrogens with one attached hydrogen (secondary N) is 3. The summed E-state index contributed by atoms with van der Waals surface area (Å²) in [7, 11) is 0. The van der Waals surface area contributed by atoms with Crippen molar-refractivity contribution in [2.75, 3.05) is 32.7 Å². The van der Waals surface area contributed by atoms with Gasteiger partial charge in [0.2, 0.25) is 5.91 Å². The van der Waals surface area contributed by atoms with E-state index in [0.717, 1.165) is 32.0 Å². The molecule has 0 aliphatic carbocycles. The average molecular weight is 514 g/mol. The number of rotatable bonds is 7. The molecule has 0 bridgehead atoms. The summed E-state index contributed by atoms with van der Waals surface area (Å²) in [6.45, 7) is 7.68. The summed E-state index contributed by atoms with van der Waals surface area (Å²) in [4.78, 5) is 31.5. The van der Waals surface area contributed by atoms with Crippen molar-refractivity contribution < 1.29 is 9.59 Å². The fourth-order valence-corrected chi connectivity index (χ4v) is 3.70. The molecule has 160 valence electrons. The van der Waals surface area contributed by atoms with Gasteiger partial charge in [-0.25, -0.2) is 4.79 Å². The van der Waals surface area contributed by atoms with E-state index in [4.69, 9.17) is 0 Å². The molecule has 2 heterocycles. The number of benzene rings is 1. The summed E-state index contributed by atoms with van der Waals surface area (Å²) in [6, 6.07) is 11.0. The van der Waals surface area contributed by atoms with Crippen LogP contribution >= 0.6 is 24.0 Å². The van der Waals surface area contributed by atoms with Gasteiger partial charge in [0.15, 0.2) is 5.96 Å². The first-order valence-electron chi connectivity index (χ1n) is 9.97. The third kappa shape index (κ3) is 6.56. The van der Waals surface area contributed by atoms with E-state index in [-0.39, 0.29) is 42.5 Å². The lowest BCUT2D eigenvalue weighted by molar-refractivity contribution is -0.124. The van der Waals surface area contributed by atoms with Crippen molar-refractivity contribution in [1.82, 2.24) is 25.8 Å². The minimum atomic E-state index is -0.334. The molecule has 2 aliphatic heterocycles. The van der Waals surface area contributed by atoms with Crippen LogP contribution < -0.4 is 16.0 Å². The molecule has 1 aromatic carbocycles. The molecule has 0 aromatic heterocycles. The number of hydrogen-bond acceptors (Lipinski definition) is 4. The van der Waals surface area contributed by atoms with Gasteiger partial charge in [0.25, 0.3) is 0 Å². The zero-order valence-electron chi connectivity index (χ0n) is 17.1. The van der Waals surface area contributed by atoms with Crippen molar-refractivity contribution in [2.45, 2.75) is 38.9 Å². The van der Waals surface area contributed by atoms with Gasteiger partial charge in [-0.3, -0.25) is 19.6 Å². The number of guanidine groups is 1. The van der Waals surface area contributed by atoms with Gasteiger partial charge in [0.05, 0.1) is 19.6 Å². The van der Waals surface area contributed by atoms with E-state index in [2.05, 4.69) is 57.0 Å². The number of urea groups is 1. The van der Waals surface area contributed by atoms with Crippen molar-refractivity contribution >= 4 is 41.9 Å². The van der Waals surface area contributed by atoms with Crippen molar-refractivity contribution in [1.29, 1.82) is 0 Å². The molecule has 0 spiro atoms. The van der Waals surface area contributed by atoms with Crippen LogP contribution in [0.3, 0.4) is 0 Å². The Morgan fingerprint density at radius 1 is 1.28 bits per heavy atom. The summed E-state index contributed by atoms with van der Waals surface area (Å²) in [5, 5.41) is 9.28. The highest BCUT2D eigenvalue weighted by atomic mass is 127. The highest BCUT2D eigenvalue weighted by molar-refractivity contribution is 14.0. The Bertz CT molecular complexity index is 698. The van der Waals surface area contributed by atoms with Gasteiger partial charge in [-0.1, -0.05) is 30.3 Å². The number of nitrogens with zero attached hydrogens (tertiary/aromatic N) is 3. The van der Waals surface area contributed by atoms with E-state index >= 15 is 0 Å². The van der Waals surface area contributed by atoms with Gasteiger partial charge in [0.1, 0.15) is 0 Å². The third-order valence-corrected chi connectivity index (χ3v) is 5.15. The zero-order valence-corrected chi connectivity index (χ0v) is 19.4. The van der Waals surface area contributed by atoms with E-state index in [0.29, 0.717) is 25.2 Å². The van der Waals surface area contributed by atoms with Crippen molar-refractivity contribution in [3.63, 3.8) is 0 Å².